The van der Waals surface area contributed by atoms with Gasteiger partial charge in [0.2, 0.25) is 15.0 Å². The minimum absolute atomic E-state index is 0.146. The molecule has 0 aromatic carbocycles. The first-order valence-corrected chi connectivity index (χ1v) is 9.37. The summed E-state index contributed by atoms with van der Waals surface area (Å²) >= 11 is 6.56. The summed E-state index contributed by atoms with van der Waals surface area (Å²) in [6, 6.07) is 3.47. The zero-order valence-electron chi connectivity index (χ0n) is 9.51. The first-order valence-electron chi connectivity index (χ1n) is 5.31. The van der Waals surface area contributed by atoms with E-state index in [9.17, 15) is 13.2 Å². The van der Waals surface area contributed by atoms with Crippen LogP contribution in [0, 0.1) is 5.92 Å². The summed E-state index contributed by atoms with van der Waals surface area (Å²) in [4.78, 5) is 17.6. The SMILES string of the molecule is O=C1CC(CS(=O)(=O)Cl)CN1c1ccc(Br)c(Br)n1. The lowest BCUT2D eigenvalue weighted by Gasteiger charge is -2.15. The molecule has 1 aromatic heterocycles. The Morgan fingerprint density at radius 3 is 2.68 bits per heavy atom. The van der Waals surface area contributed by atoms with Gasteiger partial charge in [-0.3, -0.25) is 9.69 Å². The molecule has 1 atom stereocenters. The van der Waals surface area contributed by atoms with E-state index in [4.69, 9.17) is 10.7 Å². The molecular formula is C10H9Br2ClN2O3S. The summed E-state index contributed by atoms with van der Waals surface area (Å²) < 4.78 is 23.5. The Kier molecular flexibility index (Phi) is 4.54. The van der Waals surface area contributed by atoms with Crippen LogP contribution >= 0.6 is 42.5 Å². The van der Waals surface area contributed by atoms with Crippen LogP contribution in [0.4, 0.5) is 5.82 Å². The number of amides is 1. The van der Waals surface area contributed by atoms with Crippen LogP contribution in [-0.2, 0) is 13.8 Å². The van der Waals surface area contributed by atoms with E-state index in [0.717, 1.165) is 4.47 Å². The van der Waals surface area contributed by atoms with Crippen molar-refractivity contribution in [1.29, 1.82) is 0 Å². The Morgan fingerprint density at radius 2 is 2.11 bits per heavy atom. The maximum absolute atomic E-state index is 11.9. The molecule has 1 fully saturated rings. The number of halogens is 3. The summed E-state index contributed by atoms with van der Waals surface area (Å²) in [6.07, 6.45) is 0.168. The molecule has 1 aromatic rings. The number of hydrogen-bond donors (Lipinski definition) is 0. The zero-order valence-corrected chi connectivity index (χ0v) is 14.3. The van der Waals surface area contributed by atoms with Gasteiger partial charge in [-0.1, -0.05) is 0 Å². The second-order valence-electron chi connectivity index (χ2n) is 4.22. The molecule has 0 aliphatic carbocycles. The highest BCUT2D eigenvalue weighted by Crippen LogP contribution is 2.29. The zero-order chi connectivity index (χ0) is 14.2. The maximum Gasteiger partial charge on any atom is 0.232 e. The number of carbonyl (C=O) groups excluding carboxylic acids is 1. The van der Waals surface area contributed by atoms with Crippen LogP contribution in [0.1, 0.15) is 6.42 Å². The van der Waals surface area contributed by atoms with Gasteiger partial charge in [0.05, 0.1) is 10.2 Å². The van der Waals surface area contributed by atoms with Crippen molar-refractivity contribution in [1.82, 2.24) is 4.98 Å². The van der Waals surface area contributed by atoms with Crippen LogP contribution < -0.4 is 4.90 Å². The van der Waals surface area contributed by atoms with Crippen LogP contribution in [0.5, 0.6) is 0 Å². The fourth-order valence-electron chi connectivity index (χ4n) is 1.95. The van der Waals surface area contributed by atoms with Gasteiger partial charge in [0.15, 0.2) is 0 Å². The van der Waals surface area contributed by atoms with Gasteiger partial charge in [-0.2, -0.15) is 0 Å². The van der Waals surface area contributed by atoms with Gasteiger partial charge >= 0.3 is 0 Å². The summed E-state index contributed by atoms with van der Waals surface area (Å²) in [5, 5.41) is 0. The topological polar surface area (TPSA) is 67.3 Å². The lowest BCUT2D eigenvalue weighted by atomic mass is 10.1. The van der Waals surface area contributed by atoms with Crippen LogP contribution in [0.25, 0.3) is 0 Å². The van der Waals surface area contributed by atoms with Gasteiger partial charge in [-0.15, -0.1) is 0 Å². The lowest BCUT2D eigenvalue weighted by Crippen LogP contribution is -2.26. The van der Waals surface area contributed by atoms with Crippen molar-refractivity contribution < 1.29 is 13.2 Å². The standard InChI is InChI=1S/C10H9Br2ClN2O3S/c11-7-1-2-8(14-10(7)12)15-4-6(3-9(15)16)5-19(13,17)18/h1-2,6H,3-5H2. The quantitative estimate of drug-likeness (QED) is 0.544. The molecule has 0 bridgehead atoms. The second-order valence-corrected chi connectivity index (χ2v) is 8.65. The Bertz CT molecular complexity index is 623. The van der Waals surface area contributed by atoms with E-state index in [1.54, 1.807) is 12.1 Å². The fourth-order valence-corrected chi connectivity index (χ4v) is 3.81. The predicted octanol–water partition coefficient (Wildman–Crippen LogP) is 2.53. The fraction of sp³-hybridized carbons (Fsp3) is 0.400. The molecule has 5 nitrogen and oxygen atoms in total. The molecule has 2 heterocycles. The molecule has 0 radical (unpaired) electrons. The van der Waals surface area contributed by atoms with Gasteiger partial charge in [0, 0.05) is 29.6 Å². The van der Waals surface area contributed by atoms with Crippen molar-refractivity contribution in [2.24, 2.45) is 5.92 Å². The van der Waals surface area contributed by atoms with Crippen LogP contribution in [0.3, 0.4) is 0 Å². The largest absolute Gasteiger partial charge is 0.296 e. The van der Waals surface area contributed by atoms with Crippen molar-refractivity contribution in [3.63, 3.8) is 0 Å². The number of rotatable bonds is 3. The van der Waals surface area contributed by atoms with Crippen LogP contribution in [-0.4, -0.2) is 31.6 Å². The summed E-state index contributed by atoms with van der Waals surface area (Å²) in [5.74, 6) is -0.144. The minimum atomic E-state index is -3.60. The van der Waals surface area contributed by atoms with Gasteiger partial charge in [0.1, 0.15) is 10.4 Å². The van der Waals surface area contributed by atoms with E-state index in [2.05, 4.69) is 36.8 Å². The van der Waals surface area contributed by atoms with Crippen molar-refractivity contribution in [2.75, 3.05) is 17.2 Å². The first kappa shape index (κ1) is 15.2. The molecule has 0 N–H and O–H groups in total. The molecule has 19 heavy (non-hydrogen) atoms. The molecule has 1 aliphatic rings. The van der Waals surface area contributed by atoms with Crippen molar-refractivity contribution >= 4 is 63.3 Å². The Hall–Kier alpha value is -0.180. The highest BCUT2D eigenvalue weighted by atomic mass is 79.9. The van der Waals surface area contributed by atoms with E-state index < -0.39 is 9.05 Å². The number of aromatic nitrogens is 1. The molecule has 1 amide bonds. The number of carbonyl (C=O) groups is 1. The number of anilines is 1. The Balaban J connectivity index is 2.18. The Morgan fingerprint density at radius 1 is 1.42 bits per heavy atom. The highest BCUT2D eigenvalue weighted by Gasteiger charge is 2.33. The number of pyridine rings is 1. The molecular weight excluding hydrogens is 423 g/mol. The Labute approximate surface area is 132 Å². The van der Waals surface area contributed by atoms with Crippen molar-refractivity contribution in [2.45, 2.75) is 6.42 Å². The first-order chi connectivity index (χ1) is 8.76. The summed E-state index contributed by atoms with van der Waals surface area (Å²) in [5.41, 5.74) is 0. The van der Waals surface area contributed by atoms with E-state index in [0.29, 0.717) is 17.0 Å². The molecule has 1 saturated heterocycles. The molecule has 2 rings (SSSR count). The molecule has 1 aliphatic heterocycles. The van der Waals surface area contributed by atoms with Gasteiger partial charge in [0.25, 0.3) is 0 Å². The van der Waals surface area contributed by atoms with Gasteiger partial charge < -0.3 is 0 Å². The molecule has 1 unspecified atom stereocenters. The van der Waals surface area contributed by atoms with E-state index >= 15 is 0 Å². The average molecular weight is 433 g/mol. The molecule has 9 heteroatoms. The minimum Gasteiger partial charge on any atom is -0.296 e. The number of hydrogen-bond acceptors (Lipinski definition) is 4. The summed E-state index contributed by atoms with van der Waals surface area (Å²) in [6.45, 7) is 0.311. The van der Waals surface area contributed by atoms with E-state index in [1.165, 1.54) is 4.90 Å². The second kappa shape index (κ2) is 5.67. The smallest absolute Gasteiger partial charge is 0.232 e. The van der Waals surface area contributed by atoms with Crippen LogP contribution in [0.15, 0.2) is 21.2 Å². The third-order valence-electron chi connectivity index (χ3n) is 2.70. The normalized spacial score (nSPS) is 20.1. The molecule has 0 spiro atoms. The maximum atomic E-state index is 11.9. The van der Waals surface area contributed by atoms with Gasteiger partial charge in [-0.05, 0) is 44.0 Å². The van der Waals surface area contributed by atoms with Gasteiger partial charge in [-0.25, -0.2) is 13.4 Å². The summed E-state index contributed by atoms with van der Waals surface area (Å²) in [7, 11) is 1.62. The molecule has 0 saturated carbocycles. The number of nitrogens with zero attached hydrogens (tertiary/aromatic N) is 2. The highest BCUT2D eigenvalue weighted by molar-refractivity contribution is 9.13. The predicted molar refractivity (Wildman–Crippen MR) is 79.7 cm³/mol. The lowest BCUT2D eigenvalue weighted by molar-refractivity contribution is -0.117. The third kappa shape index (κ3) is 3.90. The van der Waals surface area contributed by atoms with Crippen molar-refractivity contribution in [3.8, 4) is 0 Å². The van der Waals surface area contributed by atoms with E-state index in [-0.39, 0.29) is 24.0 Å². The monoisotopic (exact) mass is 430 g/mol. The van der Waals surface area contributed by atoms with Crippen molar-refractivity contribution in [3.05, 3.63) is 21.2 Å². The third-order valence-corrected chi connectivity index (χ3v) is 5.73. The van der Waals surface area contributed by atoms with Crippen LogP contribution in [0.2, 0.25) is 0 Å². The van der Waals surface area contributed by atoms with E-state index in [1.807, 2.05) is 0 Å². The molecule has 104 valence electrons. The average Bonchev–Trinajstić information content (AvgIpc) is 2.61.